The molecule has 4 rings (SSSR count). The standard InChI is InChI=1S/C30H40BrN3O6/c1-16-12-17(2)34-27(36)22(16)15-32-26(35)21-13-23(31)25-24(18(21)3)38-30(7,39-25)20-10-8-19(9-11-20)14-33-28(37)40-29(4,5)6/h12-13,19-20H,8-11,14-15H2,1-7H3,(H,32,35)(H,33,37)(H,34,36)/t19-,20-,30?. The molecular weight excluding hydrogens is 578 g/mol. The Bertz CT molecular complexity index is 1360. The molecule has 1 aromatic carbocycles. The lowest BCUT2D eigenvalue weighted by Gasteiger charge is -2.37. The van der Waals surface area contributed by atoms with Crippen molar-refractivity contribution in [2.75, 3.05) is 6.54 Å². The molecule has 2 amide bonds. The lowest BCUT2D eigenvalue weighted by atomic mass is 9.78. The SMILES string of the molecule is Cc1cc(C)c(CNC(=O)c2cc(Br)c3c(c2C)OC(C)([C@H]2CC[C@H](CNC(=O)OC(C)(C)C)CC2)O3)c(=O)[nH]1. The average Bonchev–Trinajstić information content (AvgIpc) is 3.23. The van der Waals surface area contributed by atoms with Gasteiger partial charge in [-0.1, -0.05) is 0 Å². The molecule has 2 aliphatic rings. The van der Waals surface area contributed by atoms with Gasteiger partial charge in [-0.2, -0.15) is 0 Å². The molecule has 0 spiro atoms. The molecule has 1 fully saturated rings. The van der Waals surface area contributed by atoms with Crippen molar-refractivity contribution in [3.05, 3.63) is 54.9 Å². The number of ether oxygens (including phenoxy) is 3. The summed E-state index contributed by atoms with van der Waals surface area (Å²) in [6.07, 6.45) is 3.26. The molecule has 218 valence electrons. The van der Waals surface area contributed by atoms with Gasteiger partial charge in [-0.15, -0.1) is 0 Å². The number of alkyl carbamates (subject to hydrolysis) is 1. The second-order valence-corrected chi connectivity index (χ2v) is 13.0. The molecule has 0 radical (unpaired) electrons. The number of benzene rings is 1. The summed E-state index contributed by atoms with van der Waals surface area (Å²) in [7, 11) is 0. The zero-order valence-corrected chi connectivity index (χ0v) is 26.0. The van der Waals surface area contributed by atoms with Crippen LogP contribution < -0.4 is 25.7 Å². The van der Waals surface area contributed by atoms with E-state index in [1.807, 2.05) is 54.5 Å². The summed E-state index contributed by atoms with van der Waals surface area (Å²) in [6.45, 7) is 13.7. The number of aromatic nitrogens is 1. The summed E-state index contributed by atoms with van der Waals surface area (Å²) in [5.74, 6) is 0.509. The third-order valence-corrected chi connectivity index (χ3v) is 8.32. The van der Waals surface area contributed by atoms with Crippen molar-refractivity contribution in [1.82, 2.24) is 15.6 Å². The van der Waals surface area contributed by atoms with Crippen molar-refractivity contribution in [3.8, 4) is 11.5 Å². The molecule has 1 saturated carbocycles. The minimum Gasteiger partial charge on any atom is -0.448 e. The fraction of sp³-hybridized carbons (Fsp3) is 0.567. The van der Waals surface area contributed by atoms with Gasteiger partial charge in [-0.25, -0.2) is 4.79 Å². The normalized spacial score (nSPS) is 22.1. The first kappa shape index (κ1) is 30.0. The third kappa shape index (κ3) is 6.65. The summed E-state index contributed by atoms with van der Waals surface area (Å²) in [5.41, 5.74) is 2.56. The molecule has 9 nitrogen and oxygen atoms in total. The lowest BCUT2D eigenvalue weighted by molar-refractivity contribution is -0.123. The van der Waals surface area contributed by atoms with E-state index in [0.717, 1.165) is 36.9 Å². The van der Waals surface area contributed by atoms with E-state index < -0.39 is 11.4 Å². The Balaban J connectivity index is 1.39. The summed E-state index contributed by atoms with van der Waals surface area (Å²) in [4.78, 5) is 40.4. The van der Waals surface area contributed by atoms with Crippen LogP contribution in [0.4, 0.5) is 4.79 Å². The summed E-state index contributed by atoms with van der Waals surface area (Å²) in [5, 5.41) is 5.77. The van der Waals surface area contributed by atoms with Crippen molar-refractivity contribution in [1.29, 1.82) is 0 Å². The third-order valence-electron chi connectivity index (χ3n) is 7.73. The molecule has 2 aromatic rings. The number of nitrogens with one attached hydrogen (secondary N) is 3. The number of aryl methyl sites for hydroxylation is 2. The van der Waals surface area contributed by atoms with E-state index in [0.29, 0.717) is 45.1 Å². The molecule has 1 atom stereocenters. The molecular formula is C30H40BrN3O6. The maximum Gasteiger partial charge on any atom is 0.407 e. The Morgan fingerprint density at radius 3 is 2.35 bits per heavy atom. The number of pyridine rings is 1. The molecule has 0 saturated heterocycles. The van der Waals surface area contributed by atoms with E-state index in [1.165, 1.54) is 0 Å². The van der Waals surface area contributed by atoms with Gasteiger partial charge in [0.1, 0.15) is 5.60 Å². The highest BCUT2D eigenvalue weighted by Crippen LogP contribution is 2.52. The number of hydrogen-bond acceptors (Lipinski definition) is 6. The zero-order valence-electron chi connectivity index (χ0n) is 24.4. The quantitative estimate of drug-likeness (QED) is 0.376. The van der Waals surface area contributed by atoms with Crippen molar-refractivity contribution in [3.63, 3.8) is 0 Å². The molecule has 1 aliphatic heterocycles. The molecule has 1 aliphatic carbocycles. The van der Waals surface area contributed by atoms with Crippen molar-refractivity contribution >= 4 is 27.9 Å². The van der Waals surface area contributed by atoms with E-state index in [4.69, 9.17) is 14.2 Å². The number of carbonyl (C=O) groups excluding carboxylic acids is 2. The molecule has 3 N–H and O–H groups in total. The number of carbonyl (C=O) groups is 2. The van der Waals surface area contributed by atoms with Crippen molar-refractivity contribution < 1.29 is 23.8 Å². The molecule has 1 unspecified atom stereocenters. The lowest BCUT2D eigenvalue weighted by Crippen LogP contribution is -2.45. The van der Waals surface area contributed by atoms with Crippen LogP contribution in [0.25, 0.3) is 0 Å². The summed E-state index contributed by atoms with van der Waals surface area (Å²) in [6, 6.07) is 3.63. The highest BCUT2D eigenvalue weighted by molar-refractivity contribution is 9.10. The molecule has 10 heteroatoms. The van der Waals surface area contributed by atoms with E-state index in [-0.39, 0.29) is 30.0 Å². The van der Waals surface area contributed by atoms with Crippen LogP contribution >= 0.6 is 15.9 Å². The van der Waals surface area contributed by atoms with E-state index >= 15 is 0 Å². The van der Waals surface area contributed by atoms with Crippen LogP contribution in [0.15, 0.2) is 21.4 Å². The fourth-order valence-electron chi connectivity index (χ4n) is 5.55. The van der Waals surface area contributed by atoms with Crippen LogP contribution in [-0.4, -0.2) is 34.9 Å². The van der Waals surface area contributed by atoms with Crippen LogP contribution in [0.2, 0.25) is 0 Å². The Labute approximate surface area is 243 Å². The van der Waals surface area contributed by atoms with Gasteiger partial charge in [0.25, 0.3) is 17.3 Å². The first-order valence-electron chi connectivity index (χ1n) is 13.8. The summed E-state index contributed by atoms with van der Waals surface area (Å²) < 4.78 is 18.9. The number of H-pyrrole nitrogens is 1. The van der Waals surface area contributed by atoms with Crippen LogP contribution in [0, 0.1) is 32.6 Å². The van der Waals surface area contributed by atoms with Gasteiger partial charge in [0.05, 0.1) is 4.47 Å². The van der Waals surface area contributed by atoms with E-state index in [2.05, 4.69) is 31.5 Å². The second kappa shape index (κ2) is 11.5. The maximum atomic E-state index is 13.2. The van der Waals surface area contributed by atoms with Gasteiger partial charge < -0.3 is 29.8 Å². The molecule has 40 heavy (non-hydrogen) atoms. The zero-order chi connectivity index (χ0) is 29.4. The predicted octanol–water partition coefficient (Wildman–Crippen LogP) is 5.81. The van der Waals surface area contributed by atoms with E-state index in [9.17, 15) is 14.4 Å². The van der Waals surface area contributed by atoms with Gasteiger partial charge >= 0.3 is 6.09 Å². The molecule has 2 heterocycles. The number of aromatic amines is 1. The Hall–Kier alpha value is -3.01. The van der Waals surface area contributed by atoms with Crippen LogP contribution in [0.5, 0.6) is 11.5 Å². The smallest absolute Gasteiger partial charge is 0.407 e. The Morgan fingerprint density at radius 2 is 1.73 bits per heavy atom. The highest BCUT2D eigenvalue weighted by Gasteiger charge is 2.47. The maximum absolute atomic E-state index is 13.2. The van der Waals surface area contributed by atoms with Crippen molar-refractivity contribution in [2.24, 2.45) is 11.8 Å². The number of rotatable bonds is 6. The van der Waals surface area contributed by atoms with Gasteiger partial charge in [-0.3, -0.25) is 9.59 Å². The van der Waals surface area contributed by atoms with Crippen molar-refractivity contribution in [2.45, 2.75) is 92.1 Å². The summed E-state index contributed by atoms with van der Waals surface area (Å²) >= 11 is 3.58. The second-order valence-electron chi connectivity index (χ2n) is 12.1. The topological polar surface area (TPSA) is 119 Å². The largest absolute Gasteiger partial charge is 0.448 e. The van der Waals surface area contributed by atoms with Crippen LogP contribution in [0.3, 0.4) is 0 Å². The molecule has 0 bridgehead atoms. The molecule has 1 aromatic heterocycles. The minimum atomic E-state index is -0.861. The number of hydrogen-bond donors (Lipinski definition) is 3. The number of fused-ring (bicyclic) bond motifs is 1. The van der Waals surface area contributed by atoms with Crippen LogP contribution in [0.1, 0.15) is 86.1 Å². The first-order chi connectivity index (χ1) is 18.7. The average molecular weight is 619 g/mol. The minimum absolute atomic E-state index is 0.121. The monoisotopic (exact) mass is 617 g/mol. The van der Waals surface area contributed by atoms with Gasteiger partial charge in [0, 0.05) is 48.3 Å². The van der Waals surface area contributed by atoms with E-state index in [1.54, 1.807) is 6.07 Å². The van der Waals surface area contributed by atoms with Crippen LogP contribution in [-0.2, 0) is 11.3 Å². The fourth-order valence-corrected chi connectivity index (χ4v) is 6.04. The van der Waals surface area contributed by atoms with Gasteiger partial charge in [0.2, 0.25) is 0 Å². The Kier molecular flexibility index (Phi) is 8.59. The number of amides is 2. The highest BCUT2D eigenvalue weighted by atomic mass is 79.9. The predicted molar refractivity (Wildman–Crippen MR) is 156 cm³/mol. The number of halogens is 1. The first-order valence-corrected chi connectivity index (χ1v) is 14.6. The van der Waals surface area contributed by atoms with Gasteiger partial charge in [-0.05, 0) is 107 Å². The Morgan fingerprint density at radius 1 is 1.07 bits per heavy atom. The van der Waals surface area contributed by atoms with Gasteiger partial charge in [0.15, 0.2) is 11.5 Å².